The van der Waals surface area contributed by atoms with E-state index in [0.29, 0.717) is 16.2 Å². The van der Waals surface area contributed by atoms with E-state index < -0.39 is 5.91 Å². The van der Waals surface area contributed by atoms with Crippen LogP contribution in [-0.2, 0) is 6.54 Å². The molecule has 0 aliphatic rings. The van der Waals surface area contributed by atoms with E-state index >= 15 is 0 Å². The first-order valence-electron chi connectivity index (χ1n) is 8.20. The second-order valence-electron chi connectivity index (χ2n) is 6.03. The minimum absolute atomic E-state index is 0.138. The molecule has 0 spiro atoms. The van der Waals surface area contributed by atoms with Crippen molar-refractivity contribution in [3.63, 3.8) is 0 Å². The van der Waals surface area contributed by atoms with Crippen LogP contribution in [0, 0.1) is 13.8 Å². The molecule has 0 bridgehead atoms. The van der Waals surface area contributed by atoms with Gasteiger partial charge in [-0.3, -0.25) is 4.79 Å². The van der Waals surface area contributed by atoms with E-state index in [4.69, 9.17) is 16.1 Å². The van der Waals surface area contributed by atoms with E-state index in [-0.39, 0.29) is 18.3 Å². The van der Waals surface area contributed by atoms with Crippen LogP contribution in [0.1, 0.15) is 27.6 Å². The van der Waals surface area contributed by atoms with E-state index in [1.54, 1.807) is 16.8 Å². The van der Waals surface area contributed by atoms with Gasteiger partial charge in [-0.2, -0.15) is 10.1 Å². The van der Waals surface area contributed by atoms with Crippen molar-refractivity contribution in [1.29, 1.82) is 0 Å². The second-order valence-corrected chi connectivity index (χ2v) is 6.44. The molecule has 8 nitrogen and oxygen atoms in total. The molecule has 4 aromatic rings. The molecule has 1 amide bonds. The van der Waals surface area contributed by atoms with Crippen LogP contribution in [0.25, 0.3) is 17.0 Å². The van der Waals surface area contributed by atoms with Gasteiger partial charge in [-0.05, 0) is 31.5 Å². The van der Waals surface area contributed by atoms with Gasteiger partial charge in [0.2, 0.25) is 5.82 Å². The Hall–Kier alpha value is -3.26. The number of hydrogen-bond donors (Lipinski definition) is 1. The van der Waals surface area contributed by atoms with Gasteiger partial charge >= 0.3 is 11.8 Å². The summed E-state index contributed by atoms with van der Waals surface area (Å²) in [6, 6.07) is 9.19. The summed E-state index contributed by atoms with van der Waals surface area (Å²) >= 11 is 6.09. The Morgan fingerprint density at radius 2 is 2.07 bits per heavy atom. The monoisotopic (exact) mass is 382 g/mol. The van der Waals surface area contributed by atoms with Crippen LogP contribution < -0.4 is 5.32 Å². The third-order valence-corrected chi connectivity index (χ3v) is 4.41. The van der Waals surface area contributed by atoms with Gasteiger partial charge < -0.3 is 9.84 Å². The molecule has 0 saturated heterocycles. The quantitative estimate of drug-likeness (QED) is 0.582. The van der Waals surface area contributed by atoms with E-state index in [1.165, 1.54) is 0 Å². The highest BCUT2D eigenvalue weighted by Gasteiger charge is 2.20. The van der Waals surface area contributed by atoms with Gasteiger partial charge in [-0.25, -0.2) is 9.50 Å². The summed E-state index contributed by atoms with van der Waals surface area (Å²) in [5.41, 5.74) is 3.78. The van der Waals surface area contributed by atoms with Gasteiger partial charge in [0.1, 0.15) is 0 Å². The maximum absolute atomic E-state index is 12.3. The lowest BCUT2D eigenvalue weighted by molar-refractivity contribution is 0.0907. The Morgan fingerprint density at radius 1 is 1.26 bits per heavy atom. The molecule has 0 saturated carbocycles. The first-order chi connectivity index (χ1) is 13.0. The fourth-order valence-corrected chi connectivity index (χ4v) is 2.95. The molecule has 1 N–H and O–H groups in total. The van der Waals surface area contributed by atoms with Gasteiger partial charge in [0, 0.05) is 23.0 Å². The summed E-state index contributed by atoms with van der Waals surface area (Å²) in [4.78, 5) is 21.0. The van der Waals surface area contributed by atoms with Crippen molar-refractivity contribution in [2.24, 2.45) is 0 Å². The van der Waals surface area contributed by atoms with Gasteiger partial charge in [-0.15, -0.1) is 0 Å². The fraction of sp³-hybridized carbons (Fsp3) is 0.167. The first kappa shape index (κ1) is 17.2. The molecule has 9 heteroatoms. The van der Waals surface area contributed by atoms with Crippen LogP contribution in [0.4, 0.5) is 0 Å². The zero-order chi connectivity index (χ0) is 19.0. The lowest BCUT2D eigenvalue weighted by Gasteiger charge is -2.04. The van der Waals surface area contributed by atoms with Crippen LogP contribution in [-0.4, -0.2) is 30.6 Å². The Kier molecular flexibility index (Phi) is 4.33. The largest absolute Gasteiger partial charge is 0.344 e. The number of carbonyl (C=O) groups excluding carboxylic acids is 1. The number of carbonyl (C=O) groups is 1. The summed E-state index contributed by atoms with van der Waals surface area (Å²) < 4.78 is 6.80. The number of fused-ring (bicyclic) bond motifs is 1. The van der Waals surface area contributed by atoms with Crippen molar-refractivity contribution in [2.45, 2.75) is 20.4 Å². The van der Waals surface area contributed by atoms with E-state index in [1.807, 2.05) is 38.1 Å². The average molecular weight is 383 g/mol. The summed E-state index contributed by atoms with van der Waals surface area (Å²) in [5.74, 6) is -0.364. The zero-order valence-corrected chi connectivity index (χ0v) is 15.4. The number of rotatable bonds is 4. The number of hydrogen-bond acceptors (Lipinski definition) is 6. The lowest BCUT2D eigenvalue weighted by atomic mass is 10.2. The van der Waals surface area contributed by atoms with Gasteiger partial charge in [0.25, 0.3) is 0 Å². The second kappa shape index (κ2) is 6.81. The highest BCUT2D eigenvalue weighted by Crippen LogP contribution is 2.22. The van der Waals surface area contributed by atoms with Crippen LogP contribution in [0.5, 0.6) is 0 Å². The van der Waals surface area contributed by atoms with Crippen molar-refractivity contribution in [2.75, 3.05) is 0 Å². The average Bonchev–Trinajstić information content (AvgIpc) is 3.27. The number of amides is 1. The molecule has 0 atom stereocenters. The summed E-state index contributed by atoms with van der Waals surface area (Å²) in [5, 5.41) is 11.5. The number of nitrogens with one attached hydrogen (secondary N) is 1. The molecule has 4 rings (SSSR count). The van der Waals surface area contributed by atoms with Gasteiger partial charge in [0.15, 0.2) is 5.65 Å². The molecule has 0 unspecified atom stereocenters. The molecule has 3 aromatic heterocycles. The van der Waals surface area contributed by atoms with Crippen LogP contribution in [0.3, 0.4) is 0 Å². The SMILES string of the molecule is Cc1cc(C)n2ncc(-c3noc(C(=O)NCc4ccccc4Cl)n3)c2n1. The Bertz CT molecular complexity index is 1150. The smallest absolute Gasteiger partial charge is 0.316 e. The van der Waals surface area contributed by atoms with Gasteiger partial charge in [-0.1, -0.05) is 35.0 Å². The van der Waals surface area contributed by atoms with Crippen LogP contribution in [0.2, 0.25) is 5.02 Å². The number of halogens is 1. The van der Waals surface area contributed by atoms with Crippen molar-refractivity contribution in [3.05, 3.63) is 64.4 Å². The van der Waals surface area contributed by atoms with E-state index in [2.05, 4.69) is 25.5 Å². The molecule has 27 heavy (non-hydrogen) atoms. The maximum atomic E-state index is 12.3. The summed E-state index contributed by atoms with van der Waals surface area (Å²) in [7, 11) is 0. The molecular formula is C18H15ClN6O2. The predicted octanol–water partition coefficient (Wildman–Crippen LogP) is 2.98. The highest BCUT2D eigenvalue weighted by molar-refractivity contribution is 6.31. The third kappa shape index (κ3) is 3.26. The Labute approximate surface area is 159 Å². The molecule has 0 fully saturated rings. The van der Waals surface area contributed by atoms with Crippen LogP contribution >= 0.6 is 11.6 Å². The standard InChI is InChI=1S/C18H15ClN6O2/c1-10-7-11(2)25-16(22-10)13(9-21-25)15-23-18(27-24-15)17(26)20-8-12-5-3-4-6-14(12)19/h3-7,9H,8H2,1-2H3,(H,20,26). The van der Waals surface area contributed by atoms with Gasteiger partial charge in [0.05, 0.1) is 11.8 Å². The van der Waals surface area contributed by atoms with Crippen molar-refractivity contribution < 1.29 is 9.32 Å². The van der Waals surface area contributed by atoms with Crippen molar-refractivity contribution in [1.82, 2.24) is 30.1 Å². The van der Waals surface area contributed by atoms with Crippen molar-refractivity contribution in [3.8, 4) is 11.4 Å². The maximum Gasteiger partial charge on any atom is 0.316 e. The minimum Gasteiger partial charge on any atom is -0.344 e. The molecule has 1 aromatic carbocycles. The number of aryl methyl sites for hydroxylation is 2. The number of nitrogens with zero attached hydrogens (tertiary/aromatic N) is 5. The molecule has 136 valence electrons. The fourth-order valence-electron chi connectivity index (χ4n) is 2.75. The summed E-state index contributed by atoms with van der Waals surface area (Å²) in [6.07, 6.45) is 1.60. The predicted molar refractivity (Wildman–Crippen MR) is 98.4 cm³/mol. The third-order valence-electron chi connectivity index (χ3n) is 4.04. The normalized spacial score (nSPS) is 11.1. The van der Waals surface area contributed by atoms with E-state index in [9.17, 15) is 4.79 Å². The van der Waals surface area contributed by atoms with E-state index in [0.717, 1.165) is 17.0 Å². The first-order valence-corrected chi connectivity index (χ1v) is 8.58. The summed E-state index contributed by atoms with van der Waals surface area (Å²) in [6.45, 7) is 4.09. The van der Waals surface area contributed by atoms with Crippen LogP contribution in [0.15, 0.2) is 41.1 Å². The number of aromatic nitrogens is 5. The lowest BCUT2D eigenvalue weighted by Crippen LogP contribution is -2.23. The minimum atomic E-state index is -0.481. The highest BCUT2D eigenvalue weighted by atomic mass is 35.5. The zero-order valence-electron chi connectivity index (χ0n) is 14.6. The molecule has 0 aliphatic carbocycles. The Morgan fingerprint density at radius 3 is 2.89 bits per heavy atom. The number of benzene rings is 1. The molecule has 3 heterocycles. The molecule has 0 aliphatic heterocycles. The Balaban J connectivity index is 1.57. The topological polar surface area (TPSA) is 98.2 Å². The van der Waals surface area contributed by atoms with Crippen molar-refractivity contribution >= 4 is 23.2 Å². The molecular weight excluding hydrogens is 368 g/mol. The molecule has 0 radical (unpaired) electrons.